The van der Waals surface area contributed by atoms with E-state index in [9.17, 15) is 5.11 Å². The number of aliphatic hydroxyl groups is 1. The molecule has 2 heteroatoms. The molecular formula is C10H21NO. The van der Waals surface area contributed by atoms with Gasteiger partial charge < -0.3 is 10.4 Å². The quantitative estimate of drug-likeness (QED) is 0.672. The zero-order valence-corrected chi connectivity index (χ0v) is 8.43. The molecule has 0 spiro atoms. The lowest BCUT2D eigenvalue weighted by Crippen LogP contribution is -2.40. The minimum atomic E-state index is -0.142. The fraction of sp³-hybridized carbons (Fsp3) is 1.00. The predicted octanol–water partition coefficient (Wildman–Crippen LogP) is 1.54. The lowest BCUT2D eigenvalue weighted by molar-refractivity contribution is 0.145. The van der Waals surface area contributed by atoms with Crippen molar-refractivity contribution in [2.24, 2.45) is 5.92 Å². The third kappa shape index (κ3) is 4.73. The van der Waals surface area contributed by atoms with Crippen LogP contribution in [0.25, 0.3) is 0 Å². The average Bonchev–Trinajstić information content (AvgIpc) is 2.66. The first-order valence-corrected chi connectivity index (χ1v) is 4.90. The van der Waals surface area contributed by atoms with E-state index in [-0.39, 0.29) is 11.6 Å². The van der Waals surface area contributed by atoms with Crippen LogP contribution in [0.3, 0.4) is 0 Å². The molecule has 1 unspecified atom stereocenters. The molecule has 1 atom stereocenters. The molecule has 0 aromatic carbocycles. The van der Waals surface area contributed by atoms with Crippen LogP contribution < -0.4 is 5.32 Å². The topological polar surface area (TPSA) is 32.3 Å². The molecule has 0 aromatic heterocycles. The summed E-state index contributed by atoms with van der Waals surface area (Å²) >= 11 is 0. The predicted molar refractivity (Wildman–Crippen MR) is 51.1 cm³/mol. The van der Waals surface area contributed by atoms with Gasteiger partial charge in [0.1, 0.15) is 0 Å². The number of hydrogen-bond acceptors (Lipinski definition) is 2. The lowest BCUT2D eigenvalue weighted by atomic mass is 10.1. The summed E-state index contributed by atoms with van der Waals surface area (Å²) in [4.78, 5) is 0. The van der Waals surface area contributed by atoms with Gasteiger partial charge in [-0.2, -0.15) is 0 Å². The van der Waals surface area contributed by atoms with E-state index in [0.717, 1.165) is 18.9 Å². The summed E-state index contributed by atoms with van der Waals surface area (Å²) in [5.74, 6) is 0.821. The Balaban J connectivity index is 2.04. The lowest BCUT2D eigenvalue weighted by Gasteiger charge is -2.22. The van der Waals surface area contributed by atoms with Crippen molar-refractivity contribution < 1.29 is 5.11 Å². The Labute approximate surface area is 75.4 Å². The summed E-state index contributed by atoms with van der Waals surface area (Å²) in [6.07, 6.45) is 3.50. The molecule has 1 aliphatic carbocycles. The monoisotopic (exact) mass is 171 g/mol. The SMILES string of the molecule is CC(C)(C)NCC(O)CC1CC1. The maximum absolute atomic E-state index is 9.56. The van der Waals surface area contributed by atoms with Gasteiger partial charge in [0.15, 0.2) is 0 Å². The van der Waals surface area contributed by atoms with Crippen molar-refractivity contribution in [3.8, 4) is 0 Å². The molecule has 1 fully saturated rings. The second kappa shape index (κ2) is 3.75. The van der Waals surface area contributed by atoms with Crippen molar-refractivity contribution >= 4 is 0 Å². The van der Waals surface area contributed by atoms with E-state index in [1.807, 2.05) is 0 Å². The third-order valence-electron chi connectivity index (χ3n) is 2.17. The highest BCUT2D eigenvalue weighted by Crippen LogP contribution is 2.33. The molecule has 1 rings (SSSR count). The smallest absolute Gasteiger partial charge is 0.0667 e. The molecule has 2 nitrogen and oxygen atoms in total. The van der Waals surface area contributed by atoms with Crippen LogP contribution >= 0.6 is 0 Å². The molecule has 0 aromatic rings. The van der Waals surface area contributed by atoms with Crippen LogP contribution in [0.2, 0.25) is 0 Å². The molecule has 0 radical (unpaired) electrons. The van der Waals surface area contributed by atoms with Gasteiger partial charge in [-0.25, -0.2) is 0 Å². The minimum Gasteiger partial charge on any atom is -0.392 e. The van der Waals surface area contributed by atoms with E-state index < -0.39 is 0 Å². The van der Waals surface area contributed by atoms with E-state index in [2.05, 4.69) is 26.1 Å². The van der Waals surface area contributed by atoms with Gasteiger partial charge in [-0.3, -0.25) is 0 Å². The van der Waals surface area contributed by atoms with Gasteiger partial charge in [0.05, 0.1) is 6.10 Å². The molecule has 2 N–H and O–H groups in total. The minimum absolute atomic E-state index is 0.129. The molecule has 0 bridgehead atoms. The summed E-state index contributed by atoms with van der Waals surface area (Å²) in [5.41, 5.74) is 0.129. The number of aliphatic hydroxyl groups excluding tert-OH is 1. The van der Waals surface area contributed by atoms with Crippen LogP contribution in [-0.4, -0.2) is 23.3 Å². The van der Waals surface area contributed by atoms with Crippen LogP contribution in [0, 0.1) is 5.92 Å². The molecule has 12 heavy (non-hydrogen) atoms. The molecule has 0 heterocycles. The number of rotatable bonds is 4. The summed E-state index contributed by atoms with van der Waals surface area (Å²) in [6.45, 7) is 7.10. The van der Waals surface area contributed by atoms with E-state index in [1.54, 1.807) is 0 Å². The van der Waals surface area contributed by atoms with Crippen molar-refractivity contribution in [2.75, 3.05) is 6.54 Å². The van der Waals surface area contributed by atoms with Gasteiger partial charge >= 0.3 is 0 Å². The second-order valence-corrected chi connectivity index (χ2v) is 4.96. The van der Waals surface area contributed by atoms with Crippen molar-refractivity contribution in [3.63, 3.8) is 0 Å². The Morgan fingerprint density at radius 2 is 2.00 bits per heavy atom. The molecule has 0 amide bonds. The van der Waals surface area contributed by atoms with E-state index >= 15 is 0 Å². The average molecular weight is 171 g/mol. The highest BCUT2D eigenvalue weighted by Gasteiger charge is 2.24. The second-order valence-electron chi connectivity index (χ2n) is 4.96. The molecule has 72 valence electrons. The van der Waals surface area contributed by atoms with Crippen LogP contribution in [-0.2, 0) is 0 Å². The first kappa shape index (κ1) is 10.0. The third-order valence-corrected chi connectivity index (χ3v) is 2.17. The number of β-amino-alcohol motifs (C(OH)–C–C–N with tert-alkyl or cyclic N) is 1. The van der Waals surface area contributed by atoms with Crippen LogP contribution in [0.5, 0.6) is 0 Å². The molecule has 0 saturated heterocycles. The molecule has 1 saturated carbocycles. The highest BCUT2D eigenvalue weighted by molar-refractivity contribution is 4.79. The van der Waals surface area contributed by atoms with E-state index in [4.69, 9.17) is 0 Å². The highest BCUT2D eigenvalue weighted by atomic mass is 16.3. The van der Waals surface area contributed by atoms with E-state index in [0.29, 0.717) is 0 Å². The summed E-state index contributed by atoms with van der Waals surface area (Å²) in [5, 5.41) is 12.9. The van der Waals surface area contributed by atoms with Crippen LogP contribution in [0.15, 0.2) is 0 Å². The Kier molecular flexibility index (Phi) is 3.13. The zero-order chi connectivity index (χ0) is 9.19. The Hall–Kier alpha value is -0.0800. The molecule has 0 aliphatic heterocycles. The summed E-state index contributed by atoms with van der Waals surface area (Å²) in [6, 6.07) is 0. The zero-order valence-electron chi connectivity index (χ0n) is 8.43. The molecular weight excluding hydrogens is 150 g/mol. The van der Waals surface area contributed by atoms with Gasteiger partial charge in [0, 0.05) is 12.1 Å². The van der Waals surface area contributed by atoms with Crippen molar-refractivity contribution in [1.82, 2.24) is 5.32 Å². The summed E-state index contributed by atoms with van der Waals surface area (Å²) < 4.78 is 0. The Bertz CT molecular complexity index is 135. The van der Waals surface area contributed by atoms with Crippen molar-refractivity contribution in [3.05, 3.63) is 0 Å². The Morgan fingerprint density at radius 1 is 1.42 bits per heavy atom. The maximum atomic E-state index is 9.56. The normalized spacial score (nSPS) is 21.0. The fourth-order valence-corrected chi connectivity index (χ4v) is 1.25. The fourth-order valence-electron chi connectivity index (χ4n) is 1.25. The maximum Gasteiger partial charge on any atom is 0.0667 e. The summed E-state index contributed by atoms with van der Waals surface area (Å²) in [7, 11) is 0. The van der Waals surface area contributed by atoms with Crippen LogP contribution in [0.1, 0.15) is 40.0 Å². The number of nitrogens with one attached hydrogen (secondary N) is 1. The van der Waals surface area contributed by atoms with Crippen LogP contribution in [0.4, 0.5) is 0 Å². The van der Waals surface area contributed by atoms with Gasteiger partial charge in [-0.1, -0.05) is 12.8 Å². The first-order valence-electron chi connectivity index (χ1n) is 4.90. The van der Waals surface area contributed by atoms with Gasteiger partial charge in [-0.15, -0.1) is 0 Å². The standard InChI is InChI=1S/C10H21NO/c1-10(2,3)11-7-9(12)6-8-4-5-8/h8-9,11-12H,4-7H2,1-3H3. The van der Waals surface area contributed by atoms with Gasteiger partial charge in [0.2, 0.25) is 0 Å². The molecule has 1 aliphatic rings. The van der Waals surface area contributed by atoms with Crippen molar-refractivity contribution in [2.45, 2.75) is 51.7 Å². The first-order chi connectivity index (χ1) is 5.47. The van der Waals surface area contributed by atoms with Gasteiger partial charge in [-0.05, 0) is 33.1 Å². The Morgan fingerprint density at radius 3 is 2.42 bits per heavy atom. The van der Waals surface area contributed by atoms with E-state index in [1.165, 1.54) is 12.8 Å². The number of hydrogen-bond donors (Lipinski definition) is 2. The van der Waals surface area contributed by atoms with Crippen molar-refractivity contribution in [1.29, 1.82) is 0 Å². The largest absolute Gasteiger partial charge is 0.392 e. The van der Waals surface area contributed by atoms with Gasteiger partial charge in [0.25, 0.3) is 0 Å².